The molecule has 1 rings (SSSR count). The van der Waals surface area contributed by atoms with E-state index in [1.165, 1.54) is 0 Å². The normalized spacial score (nSPS) is 9.64. The van der Waals surface area contributed by atoms with Crippen LogP contribution in [-0.4, -0.2) is 18.5 Å². The van der Waals surface area contributed by atoms with Gasteiger partial charge in [0.2, 0.25) is 0 Å². The number of methoxy groups -OCH3 is 1. The highest BCUT2D eigenvalue weighted by Crippen LogP contribution is 2.34. The summed E-state index contributed by atoms with van der Waals surface area (Å²) in [5, 5.41) is 9.28. The summed E-state index contributed by atoms with van der Waals surface area (Å²) in [7, 11) is 1.55. The van der Waals surface area contributed by atoms with Crippen molar-refractivity contribution in [1.29, 1.82) is 0 Å². The summed E-state index contributed by atoms with van der Waals surface area (Å²) in [4.78, 5) is 0.951. The quantitative estimate of drug-likeness (QED) is 0.689. The second-order valence-electron chi connectivity index (χ2n) is 2.01. The molecule has 11 heavy (non-hydrogen) atoms. The van der Waals surface area contributed by atoms with Gasteiger partial charge in [0.05, 0.1) is 12.0 Å². The minimum atomic E-state index is 0.194. The fourth-order valence-electron chi connectivity index (χ4n) is 0.870. The van der Waals surface area contributed by atoms with Crippen LogP contribution in [0.1, 0.15) is 0 Å². The number of hydrogen-bond donors (Lipinski definition) is 1. The van der Waals surface area contributed by atoms with E-state index in [0.717, 1.165) is 4.90 Å². The van der Waals surface area contributed by atoms with Crippen LogP contribution in [0.4, 0.5) is 0 Å². The van der Waals surface area contributed by atoms with Gasteiger partial charge in [-0.25, -0.2) is 0 Å². The van der Waals surface area contributed by atoms with Gasteiger partial charge in [-0.05, 0) is 18.4 Å². The Labute approximate surface area is 70.2 Å². The monoisotopic (exact) mass is 170 g/mol. The van der Waals surface area contributed by atoms with E-state index in [1.807, 2.05) is 12.3 Å². The molecule has 0 spiro atoms. The number of phenols is 1. The molecule has 0 saturated heterocycles. The summed E-state index contributed by atoms with van der Waals surface area (Å²) in [5.74, 6) is 0.749. The highest BCUT2D eigenvalue weighted by molar-refractivity contribution is 7.98. The molecule has 60 valence electrons. The summed E-state index contributed by atoms with van der Waals surface area (Å²) in [6, 6.07) is 5.31. The lowest BCUT2D eigenvalue weighted by atomic mass is 10.3. The van der Waals surface area contributed by atoms with Crippen molar-refractivity contribution in [1.82, 2.24) is 0 Å². The number of ether oxygens (including phenoxy) is 1. The maximum absolute atomic E-state index is 9.28. The number of para-hydroxylation sites is 1. The van der Waals surface area contributed by atoms with E-state index in [2.05, 4.69) is 0 Å². The molecule has 0 aliphatic rings. The van der Waals surface area contributed by atoms with Crippen LogP contribution in [0, 0.1) is 0 Å². The van der Waals surface area contributed by atoms with E-state index in [4.69, 9.17) is 4.74 Å². The van der Waals surface area contributed by atoms with E-state index < -0.39 is 0 Å². The molecule has 1 aromatic carbocycles. The van der Waals surface area contributed by atoms with Gasteiger partial charge >= 0.3 is 0 Å². The minimum Gasteiger partial charge on any atom is -0.504 e. The molecule has 0 radical (unpaired) electrons. The molecule has 0 bridgehead atoms. The van der Waals surface area contributed by atoms with E-state index in [1.54, 1.807) is 31.0 Å². The maximum atomic E-state index is 9.28. The summed E-state index contributed by atoms with van der Waals surface area (Å²) in [6.45, 7) is 0. The Morgan fingerprint density at radius 3 is 2.64 bits per heavy atom. The molecule has 1 N–H and O–H groups in total. The van der Waals surface area contributed by atoms with Gasteiger partial charge in [0, 0.05) is 0 Å². The lowest BCUT2D eigenvalue weighted by molar-refractivity contribution is 0.365. The van der Waals surface area contributed by atoms with E-state index in [-0.39, 0.29) is 5.75 Å². The predicted molar refractivity (Wildman–Crippen MR) is 46.4 cm³/mol. The number of aromatic hydroxyl groups is 1. The SMILES string of the molecule is COc1c(O)cccc1SC. The molecule has 0 unspecified atom stereocenters. The Bertz CT molecular complexity index is 248. The Hall–Kier alpha value is -0.830. The van der Waals surface area contributed by atoms with Crippen LogP contribution < -0.4 is 4.74 Å². The first-order valence-corrected chi connectivity index (χ1v) is 4.42. The first-order valence-electron chi connectivity index (χ1n) is 3.19. The van der Waals surface area contributed by atoms with Crippen LogP contribution >= 0.6 is 11.8 Å². The van der Waals surface area contributed by atoms with Gasteiger partial charge in [-0.3, -0.25) is 0 Å². The molecule has 0 fully saturated rings. The minimum absolute atomic E-state index is 0.194. The molecular formula is C8H10O2S. The van der Waals surface area contributed by atoms with E-state index in [9.17, 15) is 5.11 Å². The van der Waals surface area contributed by atoms with Crippen LogP contribution in [-0.2, 0) is 0 Å². The molecule has 0 aliphatic carbocycles. The van der Waals surface area contributed by atoms with Gasteiger partial charge in [-0.15, -0.1) is 11.8 Å². The van der Waals surface area contributed by atoms with Gasteiger partial charge in [0.1, 0.15) is 0 Å². The van der Waals surface area contributed by atoms with Crippen LogP contribution in [0.25, 0.3) is 0 Å². The number of hydrogen-bond acceptors (Lipinski definition) is 3. The van der Waals surface area contributed by atoms with Gasteiger partial charge in [0.15, 0.2) is 11.5 Å². The number of benzene rings is 1. The zero-order chi connectivity index (χ0) is 8.27. The largest absolute Gasteiger partial charge is 0.504 e. The topological polar surface area (TPSA) is 29.5 Å². The van der Waals surface area contributed by atoms with Crippen LogP contribution in [0.3, 0.4) is 0 Å². The Morgan fingerprint density at radius 2 is 2.18 bits per heavy atom. The van der Waals surface area contributed by atoms with Gasteiger partial charge in [-0.2, -0.15) is 0 Å². The van der Waals surface area contributed by atoms with Gasteiger partial charge < -0.3 is 9.84 Å². The van der Waals surface area contributed by atoms with Gasteiger partial charge in [0.25, 0.3) is 0 Å². The van der Waals surface area contributed by atoms with Gasteiger partial charge in [-0.1, -0.05) is 6.07 Å². The van der Waals surface area contributed by atoms with E-state index >= 15 is 0 Å². The first-order chi connectivity index (χ1) is 5.29. The van der Waals surface area contributed by atoms with Crippen molar-refractivity contribution in [3.05, 3.63) is 18.2 Å². The maximum Gasteiger partial charge on any atom is 0.174 e. The molecule has 0 atom stereocenters. The Morgan fingerprint density at radius 1 is 1.45 bits per heavy atom. The van der Waals surface area contributed by atoms with Crippen molar-refractivity contribution in [3.8, 4) is 11.5 Å². The van der Waals surface area contributed by atoms with Crippen molar-refractivity contribution in [3.63, 3.8) is 0 Å². The molecule has 2 nitrogen and oxygen atoms in total. The fourth-order valence-corrected chi connectivity index (χ4v) is 1.46. The molecule has 0 aromatic heterocycles. The molecular weight excluding hydrogens is 160 g/mol. The third-order valence-electron chi connectivity index (χ3n) is 1.38. The average molecular weight is 170 g/mol. The molecule has 0 saturated carbocycles. The fraction of sp³-hybridized carbons (Fsp3) is 0.250. The standard InChI is InChI=1S/C8H10O2S/c1-10-8-6(9)4-3-5-7(8)11-2/h3-5,9H,1-2H3. The van der Waals surface area contributed by atoms with Crippen molar-refractivity contribution in [2.45, 2.75) is 4.90 Å². The summed E-state index contributed by atoms with van der Waals surface area (Å²) in [5.41, 5.74) is 0. The van der Waals surface area contributed by atoms with Crippen molar-refractivity contribution >= 4 is 11.8 Å². The smallest absolute Gasteiger partial charge is 0.174 e. The lowest BCUT2D eigenvalue weighted by Gasteiger charge is -2.06. The zero-order valence-electron chi connectivity index (χ0n) is 6.50. The van der Waals surface area contributed by atoms with E-state index in [0.29, 0.717) is 5.75 Å². The van der Waals surface area contributed by atoms with Crippen LogP contribution in [0.15, 0.2) is 23.1 Å². The third-order valence-corrected chi connectivity index (χ3v) is 2.14. The number of thioether (sulfide) groups is 1. The Kier molecular flexibility index (Phi) is 2.65. The molecule has 1 aromatic rings. The summed E-state index contributed by atoms with van der Waals surface area (Å²) in [6.07, 6.45) is 1.94. The van der Waals surface area contributed by atoms with Crippen molar-refractivity contribution in [2.24, 2.45) is 0 Å². The summed E-state index contributed by atoms with van der Waals surface area (Å²) < 4.78 is 5.00. The number of rotatable bonds is 2. The predicted octanol–water partition coefficient (Wildman–Crippen LogP) is 2.12. The summed E-state index contributed by atoms with van der Waals surface area (Å²) >= 11 is 1.55. The second-order valence-corrected chi connectivity index (χ2v) is 2.86. The molecule has 0 heterocycles. The zero-order valence-corrected chi connectivity index (χ0v) is 7.31. The molecule has 0 aliphatic heterocycles. The molecule has 0 amide bonds. The highest BCUT2D eigenvalue weighted by atomic mass is 32.2. The lowest BCUT2D eigenvalue weighted by Crippen LogP contribution is -1.85. The Balaban J connectivity index is 3.13. The third kappa shape index (κ3) is 1.60. The average Bonchev–Trinajstić information content (AvgIpc) is 2.04. The highest BCUT2D eigenvalue weighted by Gasteiger charge is 2.05. The van der Waals surface area contributed by atoms with Crippen molar-refractivity contribution in [2.75, 3.05) is 13.4 Å². The molecule has 3 heteroatoms. The van der Waals surface area contributed by atoms with Crippen LogP contribution in [0.2, 0.25) is 0 Å². The first kappa shape index (κ1) is 8.27. The number of phenolic OH excluding ortho intramolecular Hbond substituents is 1. The van der Waals surface area contributed by atoms with Crippen LogP contribution in [0.5, 0.6) is 11.5 Å². The van der Waals surface area contributed by atoms with Crippen molar-refractivity contribution < 1.29 is 9.84 Å². The second kappa shape index (κ2) is 3.53.